The monoisotopic (exact) mass is 555 g/mol. The molecule has 202 valence electrons. The fourth-order valence-corrected chi connectivity index (χ4v) is 5.45. The number of anilines is 1. The molecule has 9 heteroatoms. The van der Waals surface area contributed by atoms with E-state index >= 15 is 0 Å². The van der Waals surface area contributed by atoms with E-state index in [9.17, 15) is 18.0 Å². The van der Waals surface area contributed by atoms with E-state index in [0.717, 1.165) is 21.9 Å². The maximum absolute atomic E-state index is 13.9. The molecule has 0 heterocycles. The van der Waals surface area contributed by atoms with Crippen LogP contribution in [-0.4, -0.2) is 43.8 Å². The van der Waals surface area contributed by atoms with Crippen LogP contribution in [0.15, 0.2) is 83.8 Å². The first-order valence-electron chi connectivity index (χ1n) is 12.5. The molecule has 3 aromatic carbocycles. The minimum atomic E-state index is -4.12. The molecule has 0 aliphatic heterocycles. The predicted octanol–water partition coefficient (Wildman–Crippen LogP) is 5.18. The van der Waals surface area contributed by atoms with Crippen LogP contribution in [0.4, 0.5) is 5.69 Å². The van der Waals surface area contributed by atoms with E-state index in [1.165, 1.54) is 29.2 Å². The molecular formula is C29H34ClN3O4S. The van der Waals surface area contributed by atoms with E-state index in [-0.39, 0.29) is 23.4 Å². The number of aryl methyl sites for hydroxylation is 1. The summed E-state index contributed by atoms with van der Waals surface area (Å²) < 4.78 is 28.5. The number of sulfonamides is 1. The van der Waals surface area contributed by atoms with Gasteiger partial charge in [0, 0.05) is 17.6 Å². The molecule has 1 N–H and O–H groups in total. The smallest absolute Gasteiger partial charge is 0.264 e. The SMILES string of the molecule is CC[C@H](C)NC(=O)[C@@H](C)N(Cc1cccc(C)c1)C(=O)CN(c1ccccc1)S(=O)(=O)c1ccc(Cl)cc1. The molecule has 0 saturated carbocycles. The second-order valence-corrected chi connectivity index (χ2v) is 11.6. The van der Waals surface area contributed by atoms with Crippen LogP contribution in [0.2, 0.25) is 5.02 Å². The van der Waals surface area contributed by atoms with Crippen LogP contribution in [0.3, 0.4) is 0 Å². The average molecular weight is 556 g/mol. The predicted molar refractivity (Wildman–Crippen MR) is 152 cm³/mol. The van der Waals surface area contributed by atoms with Crippen molar-refractivity contribution in [3.05, 3.63) is 95.0 Å². The molecule has 7 nitrogen and oxygen atoms in total. The minimum absolute atomic E-state index is 0.00588. The van der Waals surface area contributed by atoms with Crippen LogP contribution in [0, 0.1) is 6.92 Å². The Labute approximate surface area is 230 Å². The molecule has 0 aliphatic carbocycles. The molecule has 0 aliphatic rings. The summed E-state index contributed by atoms with van der Waals surface area (Å²) in [5.41, 5.74) is 2.19. The van der Waals surface area contributed by atoms with Gasteiger partial charge in [-0.1, -0.05) is 66.6 Å². The third-order valence-electron chi connectivity index (χ3n) is 6.33. The molecule has 3 rings (SSSR count). The van der Waals surface area contributed by atoms with E-state index < -0.39 is 28.5 Å². The van der Waals surface area contributed by atoms with Gasteiger partial charge in [0.1, 0.15) is 12.6 Å². The molecule has 2 atom stereocenters. The van der Waals surface area contributed by atoms with Gasteiger partial charge in [-0.15, -0.1) is 0 Å². The van der Waals surface area contributed by atoms with Gasteiger partial charge in [0.2, 0.25) is 11.8 Å². The normalized spacial score (nSPS) is 12.9. The lowest BCUT2D eigenvalue weighted by molar-refractivity contribution is -0.139. The van der Waals surface area contributed by atoms with Crippen molar-refractivity contribution < 1.29 is 18.0 Å². The zero-order chi connectivity index (χ0) is 27.9. The number of carbonyl (C=O) groups excluding carboxylic acids is 2. The largest absolute Gasteiger partial charge is 0.352 e. The molecule has 0 bridgehead atoms. The molecule has 0 unspecified atom stereocenters. The zero-order valence-corrected chi connectivity index (χ0v) is 23.7. The highest BCUT2D eigenvalue weighted by Crippen LogP contribution is 2.25. The highest BCUT2D eigenvalue weighted by atomic mass is 35.5. The van der Waals surface area contributed by atoms with Crippen LogP contribution in [-0.2, 0) is 26.2 Å². The third kappa shape index (κ3) is 7.36. The average Bonchev–Trinajstić information content (AvgIpc) is 2.90. The van der Waals surface area contributed by atoms with Gasteiger partial charge in [-0.25, -0.2) is 8.42 Å². The number of nitrogens with zero attached hydrogens (tertiary/aromatic N) is 2. The molecule has 0 fully saturated rings. The summed E-state index contributed by atoms with van der Waals surface area (Å²) in [6, 6.07) is 21.0. The maximum Gasteiger partial charge on any atom is 0.264 e. The Morgan fingerprint density at radius 2 is 1.61 bits per heavy atom. The number of para-hydroxylation sites is 1. The number of amides is 2. The van der Waals surface area contributed by atoms with Crippen LogP contribution < -0.4 is 9.62 Å². The molecule has 38 heavy (non-hydrogen) atoms. The Kier molecular flexibility index (Phi) is 9.94. The van der Waals surface area contributed by atoms with E-state index in [1.807, 2.05) is 45.0 Å². The lowest BCUT2D eigenvalue weighted by Crippen LogP contribution is -2.52. The molecule has 2 amide bonds. The first kappa shape index (κ1) is 29.2. The Balaban J connectivity index is 2.00. The summed E-state index contributed by atoms with van der Waals surface area (Å²) in [7, 11) is -4.12. The number of benzene rings is 3. The fourth-order valence-electron chi connectivity index (χ4n) is 3.91. The molecular weight excluding hydrogens is 522 g/mol. The van der Waals surface area contributed by atoms with Gasteiger partial charge in [-0.05, 0) is 69.2 Å². The Hall–Kier alpha value is -3.36. The van der Waals surface area contributed by atoms with Crippen LogP contribution in [0.5, 0.6) is 0 Å². The molecule has 0 saturated heterocycles. The van der Waals surface area contributed by atoms with Crippen molar-refractivity contribution in [1.29, 1.82) is 0 Å². The topological polar surface area (TPSA) is 86.8 Å². The van der Waals surface area contributed by atoms with Gasteiger partial charge < -0.3 is 10.2 Å². The first-order chi connectivity index (χ1) is 18.0. The number of hydrogen-bond acceptors (Lipinski definition) is 4. The molecule has 0 radical (unpaired) electrons. The Morgan fingerprint density at radius 3 is 2.21 bits per heavy atom. The Morgan fingerprint density at radius 1 is 0.947 bits per heavy atom. The number of halogens is 1. The third-order valence-corrected chi connectivity index (χ3v) is 8.37. The second-order valence-electron chi connectivity index (χ2n) is 9.31. The first-order valence-corrected chi connectivity index (χ1v) is 14.3. The van der Waals surface area contributed by atoms with Crippen LogP contribution >= 0.6 is 11.6 Å². The minimum Gasteiger partial charge on any atom is -0.352 e. The van der Waals surface area contributed by atoms with E-state index in [4.69, 9.17) is 11.6 Å². The fraction of sp³-hybridized carbons (Fsp3) is 0.310. The second kappa shape index (κ2) is 12.9. The van der Waals surface area contributed by atoms with Crippen molar-refractivity contribution in [2.45, 2.75) is 57.6 Å². The van der Waals surface area contributed by atoms with Gasteiger partial charge in [0.25, 0.3) is 10.0 Å². The van der Waals surface area contributed by atoms with Crippen LogP contribution in [0.25, 0.3) is 0 Å². The highest BCUT2D eigenvalue weighted by Gasteiger charge is 2.32. The zero-order valence-electron chi connectivity index (χ0n) is 22.1. The highest BCUT2D eigenvalue weighted by molar-refractivity contribution is 7.92. The summed E-state index contributed by atoms with van der Waals surface area (Å²) in [5.74, 6) is -0.799. The van der Waals surface area contributed by atoms with Crippen LogP contribution in [0.1, 0.15) is 38.3 Å². The number of nitrogens with one attached hydrogen (secondary N) is 1. The number of carbonyl (C=O) groups is 2. The lowest BCUT2D eigenvalue weighted by atomic mass is 10.1. The van der Waals surface area contributed by atoms with Crippen molar-refractivity contribution in [3.63, 3.8) is 0 Å². The number of rotatable bonds is 11. The van der Waals surface area contributed by atoms with Crippen molar-refractivity contribution >= 4 is 39.1 Å². The molecule has 3 aromatic rings. The van der Waals surface area contributed by atoms with E-state index in [0.29, 0.717) is 10.7 Å². The van der Waals surface area contributed by atoms with Gasteiger partial charge in [-0.2, -0.15) is 0 Å². The van der Waals surface area contributed by atoms with Gasteiger partial charge in [0.15, 0.2) is 0 Å². The molecule has 0 spiro atoms. The maximum atomic E-state index is 13.9. The van der Waals surface area contributed by atoms with Crippen molar-refractivity contribution in [2.75, 3.05) is 10.8 Å². The van der Waals surface area contributed by atoms with E-state index in [2.05, 4.69) is 5.32 Å². The van der Waals surface area contributed by atoms with Gasteiger partial charge in [0.05, 0.1) is 10.6 Å². The standard InChI is InChI=1S/C29H34ClN3O4S/c1-5-22(3)31-29(35)23(4)32(19-24-11-9-10-21(2)18-24)28(34)20-33(26-12-7-6-8-13-26)38(36,37)27-16-14-25(30)15-17-27/h6-18,22-23H,5,19-20H2,1-4H3,(H,31,35)/t22-,23+/m0/s1. The summed E-state index contributed by atoms with van der Waals surface area (Å²) in [6.07, 6.45) is 0.741. The van der Waals surface area contributed by atoms with Crippen molar-refractivity contribution in [2.24, 2.45) is 0 Å². The summed E-state index contributed by atoms with van der Waals surface area (Å²) >= 11 is 5.98. The quantitative estimate of drug-likeness (QED) is 0.353. The lowest BCUT2D eigenvalue weighted by Gasteiger charge is -2.32. The summed E-state index contributed by atoms with van der Waals surface area (Å²) in [5, 5.41) is 3.33. The Bertz CT molecular complexity index is 1350. The summed E-state index contributed by atoms with van der Waals surface area (Å²) in [6.45, 7) is 7.13. The van der Waals surface area contributed by atoms with Crippen molar-refractivity contribution in [3.8, 4) is 0 Å². The van der Waals surface area contributed by atoms with E-state index in [1.54, 1.807) is 37.3 Å². The van der Waals surface area contributed by atoms with Gasteiger partial charge in [-0.3, -0.25) is 13.9 Å². The van der Waals surface area contributed by atoms with Crippen molar-refractivity contribution in [1.82, 2.24) is 10.2 Å². The van der Waals surface area contributed by atoms with Gasteiger partial charge >= 0.3 is 0 Å². The summed E-state index contributed by atoms with van der Waals surface area (Å²) in [4.78, 5) is 28.4. The number of hydrogen-bond donors (Lipinski definition) is 1. The molecule has 0 aromatic heterocycles.